The summed E-state index contributed by atoms with van der Waals surface area (Å²) in [5.41, 5.74) is 3.92. The number of aromatic nitrogens is 1. The van der Waals surface area contributed by atoms with Crippen molar-refractivity contribution in [2.24, 2.45) is 0 Å². The van der Waals surface area contributed by atoms with Gasteiger partial charge in [-0.25, -0.2) is 4.98 Å². The van der Waals surface area contributed by atoms with E-state index in [1.54, 1.807) is 25.3 Å². The van der Waals surface area contributed by atoms with Crippen molar-refractivity contribution in [1.82, 2.24) is 4.98 Å². The van der Waals surface area contributed by atoms with Crippen molar-refractivity contribution in [3.8, 4) is 11.5 Å². The summed E-state index contributed by atoms with van der Waals surface area (Å²) in [5.74, 6) is -0.242. The quantitative estimate of drug-likeness (QED) is 0.175. The van der Waals surface area contributed by atoms with Crippen LogP contribution in [0.25, 0.3) is 16.0 Å². The number of benzene rings is 3. The number of methoxy groups -OCH3 is 1. The van der Waals surface area contributed by atoms with E-state index < -0.39 is 17.7 Å². The zero-order valence-corrected chi connectivity index (χ0v) is 23.8. The van der Waals surface area contributed by atoms with E-state index in [0.717, 1.165) is 21.6 Å². The van der Waals surface area contributed by atoms with Gasteiger partial charge in [0.25, 0.3) is 5.78 Å². The Bertz CT molecular complexity index is 1700. The smallest absolute Gasteiger partial charge is 0.301 e. The first-order chi connectivity index (χ1) is 19.0. The van der Waals surface area contributed by atoms with Gasteiger partial charge >= 0.3 is 5.91 Å². The maximum absolute atomic E-state index is 13.6. The van der Waals surface area contributed by atoms with Gasteiger partial charge in [0.2, 0.25) is 0 Å². The molecule has 2 aliphatic heterocycles. The Hall–Kier alpha value is -4.17. The van der Waals surface area contributed by atoms with Crippen LogP contribution < -0.4 is 14.4 Å². The fraction of sp³-hybridized carbons (Fsp3) is 0.281. The Morgan fingerprint density at radius 1 is 1.07 bits per heavy atom. The van der Waals surface area contributed by atoms with Crippen molar-refractivity contribution in [3.05, 3.63) is 88.5 Å². The van der Waals surface area contributed by atoms with Crippen molar-refractivity contribution in [2.75, 3.05) is 12.0 Å². The van der Waals surface area contributed by atoms with E-state index in [-0.39, 0.29) is 22.9 Å². The largest absolute Gasteiger partial charge is 0.507 e. The van der Waals surface area contributed by atoms with Gasteiger partial charge in [0.05, 0.1) is 28.9 Å². The molecule has 0 saturated carbocycles. The molecule has 6 rings (SSSR count). The highest BCUT2D eigenvalue weighted by Crippen LogP contribution is 2.45. The number of fused-ring (bicyclic) bond motifs is 2. The minimum atomic E-state index is -0.847. The molecule has 1 fully saturated rings. The number of carbonyl (C=O) groups is 2. The number of aliphatic hydroxyl groups is 1. The van der Waals surface area contributed by atoms with Crippen LogP contribution in [0.4, 0.5) is 5.13 Å². The summed E-state index contributed by atoms with van der Waals surface area (Å²) in [6.07, 6.45) is 0.745. The summed E-state index contributed by atoms with van der Waals surface area (Å²) in [5, 5.41) is 12.0. The van der Waals surface area contributed by atoms with Gasteiger partial charge in [-0.2, -0.15) is 0 Å². The summed E-state index contributed by atoms with van der Waals surface area (Å²) in [6.45, 7) is 8.37. The number of aliphatic hydroxyl groups excluding tert-OH is 1. The van der Waals surface area contributed by atoms with E-state index in [1.807, 2.05) is 49.4 Å². The second-order valence-electron chi connectivity index (χ2n) is 11.3. The molecule has 0 bridgehead atoms. The molecular formula is C32H30N2O5S. The fourth-order valence-electron chi connectivity index (χ4n) is 5.36. The number of amides is 1. The van der Waals surface area contributed by atoms with Crippen LogP contribution in [0, 0.1) is 0 Å². The zero-order chi connectivity index (χ0) is 28.3. The Morgan fingerprint density at radius 3 is 2.52 bits per heavy atom. The third-order valence-corrected chi connectivity index (χ3v) is 8.51. The predicted molar refractivity (Wildman–Crippen MR) is 156 cm³/mol. The molecule has 3 aromatic carbocycles. The van der Waals surface area contributed by atoms with Crippen molar-refractivity contribution in [3.63, 3.8) is 0 Å². The molecule has 8 heteroatoms. The number of carbonyl (C=O) groups excluding carboxylic acids is 2. The Kier molecular flexibility index (Phi) is 6.18. The summed E-state index contributed by atoms with van der Waals surface area (Å²) in [7, 11) is 1.59. The van der Waals surface area contributed by atoms with Gasteiger partial charge in [-0.1, -0.05) is 56.4 Å². The first-order valence-electron chi connectivity index (χ1n) is 13.2. The number of ether oxygens (including phenoxy) is 2. The molecule has 1 amide bonds. The van der Waals surface area contributed by atoms with E-state index >= 15 is 0 Å². The highest BCUT2D eigenvalue weighted by atomic mass is 32.1. The number of ketones is 1. The van der Waals surface area contributed by atoms with Crippen LogP contribution in [0.5, 0.6) is 11.5 Å². The van der Waals surface area contributed by atoms with Crippen LogP contribution in [-0.2, 0) is 21.4 Å². The number of rotatable bonds is 4. The molecule has 4 aromatic rings. The van der Waals surface area contributed by atoms with E-state index in [1.165, 1.54) is 16.2 Å². The minimum absolute atomic E-state index is 0.0389. The lowest BCUT2D eigenvalue weighted by atomic mass is 9.85. The topological polar surface area (TPSA) is 89.0 Å². The van der Waals surface area contributed by atoms with Crippen molar-refractivity contribution in [1.29, 1.82) is 0 Å². The van der Waals surface area contributed by atoms with E-state index in [4.69, 9.17) is 14.5 Å². The average molecular weight is 555 g/mol. The molecule has 0 radical (unpaired) electrons. The molecule has 204 valence electrons. The molecule has 1 N–H and O–H groups in total. The highest BCUT2D eigenvalue weighted by molar-refractivity contribution is 7.22. The SMILES string of the molecule is COc1ccc2nc(N3C(=O)C(=O)C(=C(O)c4ccc5c(c4)C[C@H](C)O5)[C@H]3c3ccc(C(C)(C)C)cc3)sc2c1. The third kappa shape index (κ3) is 4.32. The number of nitrogens with zero attached hydrogens (tertiary/aromatic N) is 2. The first kappa shape index (κ1) is 26.1. The average Bonchev–Trinajstić information content (AvgIpc) is 3.59. The van der Waals surface area contributed by atoms with Crippen molar-refractivity contribution < 1.29 is 24.2 Å². The van der Waals surface area contributed by atoms with Crippen LogP contribution in [0.3, 0.4) is 0 Å². The summed E-state index contributed by atoms with van der Waals surface area (Å²) in [4.78, 5) is 33.4. The van der Waals surface area contributed by atoms with Gasteiger partial charge < -0.3 is 14.6 Å². The van der Waals surface area contributed by atoms with Crippen LogP contribution in [0.2, 0.25) is 0 Å². The Balaban J connectivity index is 1.52. The van der Waals surface area contributed by atoms with Gasteiger partial charge in [0.15, 0.2) is 5.13 Å². The molecule has 0 aliphatic carbocycles. The van der Waals surface area contributed by atoms with Crippen LogP contribution in [0.1, 0.15) is 56.0 Å². The molecule has 1 saturated heterocycles. The maximum atomic E-state index is 13.6. The van der Waals surface area contributed by atoms with Crippen LogP contribution in [0.15, 0.2) is 66.2 Å². The second kappa shape index (κ2) is 9.48. The van der Waals surface area contributed by atoms with Gasteiger partial charge in [-0.05, 0) is 65.4 Å². The zero-order valence-electron chi connectivity index (χ0n) is 23.0. The highest BCUT2D eigenvalue weighted by Gasteiger charge is 2.48. The second-order valence-corrected chi connectivity index (χ2v) is 12.3. The molecule has 0 spiro atoms. The maximum Gasteiger partial charge on any atom is 0.301 e. The van der Waals surface area contributed by atoms with Gasteiger partial charge in [0, 0.05) is 12.0 Å². The normalized spacial score (nSPS) is 20.2. The van der Waals surface area contributed by atoms with Gasteiger partial charge in [-0.15, -0.1) is 0 Å². The number of Topliss-reactive ketones (excluding diaryl/α,β-unsaturated/α-hetero) is 1. The summed E-state index contributed by atoms with van der Waals surface area (Å²) >= 11 is 1.30. The lowest BCUT2D eigenvalue weighted by Gasteiger charge is -2.24. The molecule has 3 heterocycles. The minimum Gasteiger partial charge on any atom is -0.507 e. The molecule has 2 aliphatic rings. The fourth-order valence-corrected chi connectivity index (χ4v) is 6.38. The van der Waals surface area contributed by atoms with Gasteiger partial charge in [-0.3, -0.25) is 14.5 Å². The molecule has 2 atom stereocenters. The van der Waals surface area contributed by atoms with Crippen molar-refractivity contribution >= 4 is 44.1 Å². The molecule has 40 heavy (non-hydrogen) atoms. The number of hydrogen-bond donors (Lipinski definition) is 1. The Labute approximate surface area is 236 Å². The van der Waals surface area contributed by atoms with Crippen LogP contribution >= 0.6 is 11.3 Å². The van der Waals surface area contributed by atoms with Crippen molar-refractivity contribution in [2.45, 2.75) is 51.7 Å². The van der Waals surface area contributed by atoms with Gasteiger partial charge in [0.1, 0.15) is 23.4 Å². The van der Waals surface area contributed by atoms with E-state index in [9.17, 15) is 14.7 Å². The number of anilines is 1. The number of hydrogen-bond acceptors (Lipinski definition) is 7. The number of thiazole rings is 1. The Morgan fingerprint density at radius 2 is 1.82 bits per heavy atom. The first-order valence-corrected chi connectivity index (χ1v) is 14.0. The summed E-state index contributed by atoms with van der Waals surface area (Å²) < 4.78 is 12.0. The molecule has 0 unspecified atom stereocenters. The molecular weight excluding hydrogens is 524 g/mol. The predicted octanol–water partition coefficient (Wildman–Crippen LogP) is 6.55. The van der Waals surface area contributed by atoms with Crippen LogP contribution in [-0.4, -0.2) is 35.0 Å². The molecule has 7 nitrogen and oxygen atoms in total. The van der Waals surface area contributed by atoms with E-state index in [0.29, 0.717) is 33.9 Å². The lowest BCUT2D eigenvalue weighted by Crippen LogP contribution is -2.29. The summed E-state index contributed by atoms with van der Waals surface area (Å²) in [6, 6.07) is 17.9. The van der Waals surface area contributed by atoms with E-state index in [2.05, 4.69) is 20.8 Å². The lowest BCUT2D eigenvalue weighted by molar-refractivity contribution is -0.132. The monoisotopic (exact) mass is 554 g/mol. The standard InChI is InChI=1S/C32H30N2O5S/c1-17-14-20-15-19(8-13-24(20)39-17)28(35)26-27(18-6-9-21(10-7-18)32(2,3)4)34(30(37)29(26)36)31-33-23-12-11-22(38-5)16-25(23)40-31/h6-13,15-17,27,35H,14H2,1-5H3/t17-,27+/m0/s1. The molecule has 1 aromatic heterocycles. The third-order valence-electron chi connectivity index (χ3n) is 7.50.